The normalized spacial score (nSPS) is 19.9. The number of ketones is 2. The molecule has 3 aromatic rings. The molecule has 7 heteroatoms. The van der Waals surface area contributed by atoms with E-state index in [9.17, 15) is 9.59 Å². The van der Waals surface area contributed by atoms with Crippen LogP contribution < -0.4 is 4.74 Å². The molecule has 3 aliphatic rings. The first-order valence-electron chi connectivity index (χ1n) is 12.9. The molecule has 7 nitrogen and oxygen atoms in total. The molecule has 2 aliphatic heterocycles. The average molecular weight is 511 g/mol. The Morgan fingerprint density at radius 3 is 2.18 bits per heavy atom. The highest BCUT2D eigenvalue weighted by Crippen LogP contribution is 2.44. The fourth-order valence-electron chi connectivity index (χ4n) is 6.00. The summed E-state index contributed by atoms with van der Waals surface area (Å²) >= 11 is 0. The van der Waals surface area contributed by atoms with Gasteiger partial charge in [0.1, 0.15) is 12.0 Å². The summed E-state index contributed by atoms with van der Waals surface area (Å²) < 4.78 is 16.7. The average Bonchev–Trinajstić information content (AvgIpc) is 3.59. The van der Waals surface area contributed by atoms with Crippen molar-refractivity contribution in [2.24, 2.45) is 0 Å². The maximum Gasteiger partial charge on any atom is 0.229 e. The number of methoxy groups -OCH3 is 1. The van der Waals surface area contributed by atoms with E-state index in [2.05, 4.69) is 21.9 Å². The van der Waals surface area contributed by atoms with Crippen LogP contribution in [-0.2, 0) is 21.4 Å². The number of fused-ring (bicyclic) bond motifs is 1. The molecule has 0 radical (unpaired) electrons. The van der Waals surface area contributed by atoms with Gasteiger partial charge >= 0.3 is 0 Å². The molecule has 0 amide bonds. The molecule has 2 heterocycles. The molecular formula is C31H30N2O5. The third-order valence-electron chi connectivity index (χ3n) is 7.88. The van der Waals surface area contributed by atoms with Crippen LogP contribution in [0.5, 0.6) is 5.75 Å². The number of carbonyl (C=O) groups excluding carboxylic acids is 2. The number of hydrogen-bond acceptors (Lipinski definition) is 7. The van der Waals surface area contributed by atoms with Crippen LogP contribution in [-0.4, -0.2) is 67.5 Å². The number of piperazine rings is 1. The van der Waals surface area contributed by atoms with Gasteiger partial charge in [0.2, 0.25) is 6.79 Å². The van der Waals surface area contributed by atoms with E-state index < -0.39 is 5.54 Å². The predicted octanol–water partition coefficient (Wildman–Crippen LogP) is 4.04. The molecule has 0 spiro atoms. The minimum Gasteiger partial charge on any atom is -0.497 e. The summed E-state index contributed by atoms with van der Waals surface area (Å²) in [7, 11) is 1.59. The van der Waals surface area contributed by atoms with Gasteiger partial charge in [-0.25, -0.2) is 0 Å². The number of carbonyl (C=O) groups is 2. The van der Waals surface area contributed by atoms with Crippen molar-refractivity contribution >= 4 is 11.6 Å². The van der Waals surface area contributed by atoms with Gasteiger partial charge in [-0.05, 0) is 29.7 Å². The van der Waals surface area contributed by atoms with E-state index >= 15 is 0 Å². The lowest BCUT2D eigenvalue weighted by atomic mass is 9.82. The second-order valence-electron chi connectivity index (χ2n) is 9.82. The van der Waals surface area contributed by atoms with Crippen molar-refractivity contribution in [2.75, 3.05) is 40.1 Å². The van der Waals surface area contributed by atoms with Gasteiger partial charge in [0.05, 0.1) is 13.2 Å². The van der Waals surface area contributed by atoms with E-state index in [0.717, 1.165) is 12.2 Å². The Labute approximate surface area is 222 Å². The van der Waals surface area contributed by atoms with Crippen LogP contribution in [0.4, 0.5) is 0 Å². The molecule has 3 aromatic carbocycles. The Balaban J connectivity index is 1.32. The lowest BCUT2D eigenvalue weighted by molar-refractivity contribution is 0.0137. The summed E-state index contributed by atoms with van der Waals surface area (Å²) in [6.07, 6.45) is 2.48. The van der Waals surface area contributed by atoms with Crippen LogP contribution in [0.2, 0.25) is 0 Å². The molecule has 1 atom stereocenters. The Morgan fingerprint density at radius 1 is 0.868 bits per heavy atom. The summed E-state index contributed by atoms with van der Waals surface area (Å²) in [5.74, 6) is 1.09. The zero-order valence-electron chi connectivity index (χ0n) is 21.3. The van der Waals surface area contributed by atoms with Crippen molar-refractivity contribution in [1.29, 1.82) is 0 Å². The minimum absolute atomic E-state index is 0.00185. The quantitative estimate of drug-likeness (QED) is 0.445. The van der Waals surface area contributed by atoms with Gasteiger partial charge in [-0.1, -0.05) is 66.7 Å². The van der Waals surface area contributed by atoms with Gasteiger partial charge in [-0.2, -0.15) is 0 Å². The van der Waals surface area contributed by atoms with Gasteiger partial charge in [-0.15, -0.1) is 0 Å². The fourth-order valence-corrected chi connectivity index (χ4v) is 6.00. The van der Waals surface area contributed by atoms with Gasteiger partial charge < -0.3 is 14.2 Å². The van der Waals surface area contributed by atoms with Gasteiger partial charge in [0.15, 0.2) is 22.9 Å². The summed E-state index contributed by atoms with van der Waals surface area (Å²) in [4.78, 5) is 32.7. The number of hydrogen-bond donors (Lipinski definition) is 0. The lowest BCUT2D eigenvalue weighted by Crippen LogP contribution is -2.61. The van der Waals surface area contributed by atoms with Crippen molar-refractivity contribution in [3.63, 3.8) is 0 Å². The van der Waals surface area contributed by atoms with Crippen LogP contribution >= 0.6 is 0 Å². The Kier molecular flexibility index (Phi) is 6.47. The summed E-state index contributed by atoms with van der Waals surface area (Å²) in [6.45, 7) is 2.65. The van der Waals surface area contributed by atoms with E-state index in [1.54, 1.807) is 25.5 Å². The van der Waals surface area contributed by atoms with Crippen molar-refractivity contribution in [2.45, 2.75) is 18.0 Å². The minimum atomic E-state index is -1.41. The topological polar surface area (TPSA) is 68.3 Å². The van der Waals surface area contributed by atoms with Gasteiger partial charge in [-0.3, -0.25) is 19.4 Å². The number of rotatable bonds is 7. The predicted molar refractivity (Wildman–Crippen MR) is 142 cm³/mol. The second-order valence-corrected chi connectivity index (χ2v) is 9.82. The van der Waals surface area contributed by atoms with Crippen molar-refractivity contribution in [3.05, 3.63) is 113 Å². The third-order valence-corrected chi connectivity index (χ3v) is 7.88. The van der Waals surface area contributed by atoms with Crippen molar-refractivity contribution in [3.8, 4) is 5.75 Å². The molecular weight excluding hydrogens is 480 g/mol. The SMILES string of the molecule is COc1cccc(C2(N3CCN(C(Cc4ccccc4)C4=COCO4)CC3)C(=O)c3ccccc3C2=O)c1. The molecule has 6 rings (SSSR count). The van der Waals surface area contributed by atoms with E-state index in [1.165, 1.54) is 5.56 Å². The smallest absolute Gasteiger partial charge is 0.229 e. The first-order chi connectivity index (χ1) is 18.6. The molecule has 1 aliphatic carbocycles. The zero-order valence-corrected chi connectivity index (χ0v) is 21.3. The van der Waals surface area contributed by atoms with Crippen LogP contribution in [0.1, 0.15) is 31.8 Å². The van der Waals surface area contributed by atoms with Crippen molar-refractivity contribution in [1.82, 2.24) is 9.80 Å². The second kappa shape index (κ2) is 10.1. The monoisotopic (exact) mass is 510 g/mol. The Hall–Kier alpha value is -3.94. The van der Waals surface area contributed by atoms with E-state index in [-0.39, 0.29) is 24.4 Å². The number of benzene rings is 3. The standard InChI is InChI=1S/C31H30N2O5/c1-36-24-11-7-10-23(19-24)31(29(34)25-12-5-6-13-26(25)30(31)35)33-16-14-32(15-17-33)27(28-20-37-21-38-28)18-22-8-3-2-4-9-22/h2-13,19-20,27H,14-18,21H2,1H3. The van der Waals surface area contributed by atoms with Crippen molar-refractivity contribution < 1.29 is 23.8 Å². The highest BCUT2D eigenvalue weighted by molar-refractivity contribution is 6.32. The van der Waals surface area contributed by atoms with E-state index in [4.69, 9.17) is 14.2 Å². The zero-order chi connectivity index (χ0) is 26.1. The number of ether oxygens (including phenoxy) is 3. The molecule has 0 N–H and O–H groups in total. The first-order valence-corrected chi connectivity index (χ1v) is 12.9. The molecule has 0 saturated carbocycles. The molecule has 0 aromatic heterocycles. The number of nitrogens with zero attached hydrogens (tertiary/aromatic N) is 2. The van der Waals surface area contributed by atoms with Crippen LogP contribution in [0.15, 0.2) is 90.9 Å². The maximum atomic E-state index is 14.1. The van der Waals surface area contributed by atoms with Crippen LogP contribution in [0.3, 0.4) is 0 Å². The number of Topliss-reactive ketones (excluding diaryl/α,β-unsaturated/α-hetero) is 2. The molecule has 38 heavy (non-hydrogen) atoms. The highest BCUT2D eigenvalue weighted by atomic mass is 16.7. The molecule has 1 unspecified atom stereocenters. The molecule has 1 fully saturated rings. The molecule has 194 valence electrons. The van der Waals surface area contributed by atoms with E-state index in [1.807, 2.05) is 54.6 Å². The Morgan fingerprint density at radius 2 is 1.55 bits per heavy atom. The molecule has 0 bridgehead atoms. The largest absolute Gasteiger partial charge is 0.497 e. The van der Waals surface area contributed by atoms with E-state index in [0.29, 0.717) is 48.6 Å². The fraction of sp³-hybridized carbons (Fsp3) is 0.290. The summed E-state index contributed by atoms with van der Waals surface area (Å²) in [5.41, 5.74) is 1.40. The summed E-state index contributed by atoms with van der Waals surface area (Å²) in [5, 5.41) is 0. The Bertz CT molecular complexity index is 1340. The van der Waals surface area contributed by atoms with Gasteiger partial charge in [0, 0.05) is 37.3 Å². The summed E-state index contributed by atoms with van der Waals surface area (Å²) in [6, 6.07) is 24.8. The van der Waals surface area contributed by atoms with Crippen LogP contribution in [0.25, 0.3) is 0 Å². The maximum absolute atomic E-state index is 14.1. The van der Waals surface area contributed by atoms with Crippen LogP contribution in [0, 0.1) is 0 Å². The van der Waals surface area contributed by atoms with Gasteiger partial charge in [0.25, 0.3) is 0 Å². The highest BCUT2D eigenvalue weighted by Gasteiger charge is 2.58. The first kappa shape index (κ1) is 24.4. The molecule has 1 saturated heterocycles. The third kappa shape index (κ3) is 3.99. The lowest BCUT2D eigenvalue weighted by Gasteiger charge is -2.45.